The SMILES string of the molecule is O=C(COC(=O)Cn1ccc(=O)[nH]c1=O)N[C@H]1CCCc2ccccc21. The third kappa shape index (κ3) is 4.27. The molecule has 1 aliphatic carbocycles. The van der Waals surface area contributed by atoms with Crippen molar-refractivity contribution in [3.63, 3.8) is 0 Å². The van der Waals surface area contributed by atoms with E-state index in [4.69, 9.17) is 4.74 Å². The third-order valence-corrected chi connectivity index (χ3v) is 4.27. The van der Waals surface area contributed by atoms with Crippen molar-refractivity contribution in [2.24, 2.45) is 0 Å². The number of aromatic amines is 1. The van der Waals surface area contributed by atoms with Crippen molar-refractivity contribution in [1.82, 2.24) is 14.9 Å². The van der Waals surface area contributed by atoms with Crippen LogP contribution in [0.5, 0.6) is 0 Å². The molecule has 0 spiro atoms. The van der Waals surface area contributed by atoms with Crippen molar-refractivity contribution in [3.05, 3.63) is 68.5 Å². The molecule has 0 aliphatic heterocycles. The van der Waals surface area contributed by atoms with E-state index in [1.54, 1.807) is 0 Å². The highest BCUT2D eigenvalue weighted by Crippen LogP contribution is 2.29. The number of hydrogen-bond donors (Lipinski definition) is 2. The molecule has 0 saturated heterocycles. The molecule has 0 radical (unpaired) electrons. The molecule has 1 atom stereocenters. The number of rotatable bonds is 5. The summed E-state index contributed by atoms with van der Waals surface area (Å²) in [6, 6.07) is 8.99. The van der Waals surface area contributed by atoms with Gasteiger partial charge in [0.2, 0.25) is 0 Å². The fourth-order valence-electron chi connectivity index (χ4n) is 3.04. The molecule has 1 aromatic carbocycles. The first-order chi connectivity index (χ1) is 12.5. The fraction of sp³-hybridized carbons (Fsp3) is 0.333. The number of aromatic nitrogens is 2. The Morgan fingerprint density at radius 3 is 2.85 bits per heavy atom. The lowest BCUT2D eigenvalue weighted by molar-refractivity contribution is -0.149. The lowest BCUT2D eigenvalue weighted by atomic mass is 9.88. The Morgan fingerprint density at radius 1 is 1.23 bits per heavy atom. The lowest BCUT2D eigenvalue weighted by Gasteiger charge is -2.26. The van der Waals surface area contributed by atoms with E-state index in [9.17, 15) is 19.2 Å². The molecule has 2 aromatic rings. The van der Waals surface area contributed by atoms with E-state index < -0.39 is 29.7 Å². The van der Waals surface area contributed by atoms with Crippen LogP contribution in [-0.2, 0) is 27.3 Å². The Morgan fingerprint density at radius 2 is 2.04 bits per heavy atom. The van der Waals surface area contributed by atoms with Gasteiger partial charge >= 0.3 is 11.7 Å². The number of carbonyl (C=O) groups excluding carboxylic acids is 2. The van der Waals surface area contributed by atoms with E-state index in [1.807, 2.05) is 23.2 Å². The average Bonchev–Trinajstić information content (AvgIpc) is 2.63. The summed E-state index contributed by atoms with van der Waals surface area (Å²) in [5, 5.41) is 2.88. The monoisotopic (exact) mass is 357 g/mol. The van der Waals surface area contributed by atoms with Crippen LogP contribution in [0.25, 0.3) is 0 Å². The number of ether oxygens (including phenoxy) is 1. The van der Waals surface area contributed by atoms with Gasteiger partial charge in [0.15, 0.2) is 6.61 Å². The Bertz CT molecular complexity index is 931. The van der Waals surface area contributed by atoms with E-state index in [0.29, 0.717) is 0 Å². The Hall–Kier alpha value is -3.16. The van der Waals surface area contributed by atoms with E-state index in [-0.39, 0.29) is 12.6 Å². The molecule has 0 fully saturated rings. The first kappa shape index (κ1) is 17.7. The Kier molecular flexibility index (Phi) is 5.31. The molecule has 2 N–H and O–H groups in total. The van der Waals surface area contributed by atoms with Gasteiger partial charge in [-0.2, -0.15) is 0 Å². The van der Waals surface area contributed by atoms with Gasteiger partial charge in [0.1, 0.15) is 6.54 Å². The van der Waals surface area contributed by atoms with Crippen molar-refractivity contribution in [2.45, 2.75) is 31.8 Å². The van der Waals surface area contributed by atoms with Gasteiger partial charge in [0.25, 0.3) is 11.5 Å². The van der Waals surface area contributed by atoms with Crippen LogP contribution in [0.4, 0.5) is 0 Å². The van der Waals surface area contributed by atoms with Crippen LogP contribution in [0.2, 0.25) is 0 Å². The van der Waals surface area contributed by atoms with Gasteiger partial charge in [-0.15, -0.1) is 0 Å². The van der Waals surface area contributed by atoms with E-state index in [2.05, 4.69) is 11.4 Å². The summed E-state index contributed by atoms with van der Waals surface area (Å²) >= 11 is 0. The molecule has 3 rings (SSSR count). The number of nitrogens with zero attached hydrogens (tertiary/aromatic N) is 1. The topological polar surface area (TPSA) is 110 Å². The maximum atomic E-state index is 12.1. The van der Waals surface area contributed by atoms with Crippen LogP contribution >= 0.6 is 0 Å². The van der Waals surface area contributed by atoms with Crippen molar-refractivity contribution in [2.75, 3.05) is 6.61 Å². The van der Waals surface area contributed by atoms with Crippen LogP contribution in [0, 0.1) is 0 Å². The molecule has 0 bridgehead atoms. The summed E-state index contributed by atoms with van der Waals surface area (Å²) in [4.78, 5) is 48.4. The van der Waals surface area contributed by atoms with Gasteiger partial charge in [-0.3, -0.25) is 23.9 Å². The number of carbonyl (C=O) groups is 2. The second-order valence-electron chi connectivity index (χ2n) is 6.11. The van der Waals surface area contributed by atoms with Gasteiger partial charge in [0.05, 0.1) is 6.04 Å². The zero-order valence-corrected chi connectivity index (χ0v) is 14.1. The first-order valence-corrected chi connectivity index (χ1v) is 8.35. The maximum Gasteiger partial charge on any atom is 0.328 e. The van der Waals surface area contributed by atoms with Crippen LogP contribution < -0.4 is 16.6 Å². The summed E-state index contributed by atoms with van der Waals surface area (Å²) < 4.78 is 5.92. The molecule has 1 aromatic heterocycles. The molecule has 8 nitrogen and oxygen atoms in total. The fourth-order valence-corrected chi connectivity index (χ4v) is 3.04. The smallest absolute Gasteiger partial charge is 0.328 e. The van der Waals surface area contributed by atoms with E-state index >= 15 is 0 Å². The molecule has 1 heterocycles. The van der Waals surface area contributed by atoms with Crippen molar-refractivity contribution < 1.29 is 14.3 Å². The minimum Gasteiger partial charge on any atom is -0.454 e. The number of hydrogen-bond acceptors (Lipinski definition) is 5. The van der Waals surface area contributed by atoms with Crippen molar-refractivity contribution in [1.29, 1.82) is 0 Å². The zero-order valence-electron chi connectivity index (χ0n) is 14.1. The number of aryl methyl sites for hydroxylation is 1. The van der Waals surface area contributed by atoms with Gasteiger partial charge in [-0.05, 0) is 30.4 Å². The molecule has 0 unspecified atom stereocenters. The van der Waals surface area contributed by atoms with Crippen LogP contribution in [0.3, 0.4) is 0 Å². The number of benzene rings is 1. The first-order valence-electron chi connectivity index (χ1n) is 8.35. The average molecular weight is 357 g/mol. The minimum atomic E-state index is -0.738. The zero-order chi connectivity index (χ0) is 18.5. The molecule has 1 aliphatic rings. The normalized spacial score (nSPS) is 15.8. The van der Waals surface area contributed by atoms with Gasteiger partial charge < -0.3 is 10.1 Å². The predicted molar refractivity (Wildman–Crippen MR) is 92.5 cm³/mol. The summed E-state index contributed by atoms with van der Waals surface area (Å²) in [5.41, 5.74) is 1.06. The van der Waals surface area contributed by atoms with Crippen LogP contribution in [0.15, 0.2) is 46.1 Å². The van der Waals surface area contributed by atoms with E-state index in [1.165, 1.54) is 11.8 Å². The number of esters is 1. The summed E-state index contributed by atoms with van der Waals surface area (Å²) in [6.45, 7) is -0.801. The van der Waals surface area contributed by atoms with Crippen molar-refractivity contribution >= 4 is 11.9 Å². The summed E-state index contributed by atoms with van der Waals surface area (Å²) in [5.74, 6) is -1.13. The molecule has 0 saturated carbocycles. The standard InChI is InChI=1S/C18H19N3O5/c22-15-8-9-21(18(25)20-15)10-17(24)26-11-16(23)19-14-7-3-5-12-4-1-2-6-13(12)14/h1-2,4,6,8-9,14H,3,5,7,10-11H2,(H,19,23)(H,20,22,25)/t14-/m0/s1. The lowest BCUT2D eigenvalue weighted by Crippen LogP contribution is -2.35. The van der Waals surface area contributed by atoms with Gasteiger partial charge in [0, 0.05) is 12.3 Å². The summed E-state index contributed by atoms with van der Waals surface area (Å²) in [6.07, 6.45) is 4.01. The number of H-pyrrole nitrogens is 1. The number of nitrogens with one attached hydrogen (secondary N) is 2. The largest absolute Gasteiger partial charge is 0.454 e. The van der Waals surface area contributed by atoms with Crippen LogP contribution in [-0.4, -0.2) is 28.0 Å². The predicted octanol–water partition coefficient (Wildman–Crippen LogP) is 0.274. The van der Waals surface area contributed by atoms with Crippen LogP contribution in [0.1, 0.15) is 30.0 Å². The van der Waals surface area contributed by atoms with E-state index in [0.717, 1.165) is 35.5 Å². The quantitative estimate of drug-likeness (QED) is 0.747. The van der Waals surface area contributed by atoms with Gasteiger partial charge in [-0.25, -0.2) is 4.79 Å². The van der Waals surface area contributed by atoms with Crippen molar-refractivity contribution in [3.8, 4) is 0 Å². The minimum absolute atomic E-state index is 0.0898. The highest BCUT2D eigenvalue weighted by atomic mass is 16.5. The maximum absolute atomic E-state index is 12.1. The third-order valence-electron chi connectivity index (χ3n) is 4.27. The Labute approximate surface area is 148 Å². The van der Waals surface area contributed by atoms with Gasteiger partial charge in [-0.1, -0.05) is 24.3 Å². The number of fused-ring (bicyclic) bond motifs is 1. The molecule has 26 heavy (non-hydrogen) atoms. The molecule has 8 heteroatoms. The highest BCUT2D eigenvalue weighted by molar-refractivity contribution is 5.80. The Balaban J connectivity index is 1.52. The second-order valence-corrected chi connectivity index (χ2v) is 6.11. The molecule has 136 valence electrons. The number of amides is 1. The highest BCUT2D eigenvalue weighted by Gasteiger charge is 2.21. The molecule has 1 amide bonds. The molecular formula is C18H19N3O5. The second kappa shape index (κ2) is 7.81. The summed E-state index contributed by atoms with van der Waals surface area (Å²) in [7, 11) is 0. The molecular weight excluding hydrogens is 338 g/mol.